The van der Waals surface area contributed by atoms with Crippen molar-refractivity contribution < 1.29 is 4.79 Å². The van der Waals surface area contributed by atoms with Crippen LogP contribution in [0, 0.1) is 0 Å². The van der Waals surface area contributed by atoms with Crippen LogP contribution in [0.2, 0.25) is 5.02 Å². The van der Waals surface area contributed by atoms with Gasteiger partial charge in [-0.2, -0.15) is 5.10 Å². The second-order valence-corrected chi connectivity index (χ2v) is 7.46. The molecule has 3 aromatic rings. The Labute approximate surface area is 181 Å². The van der Waals surface area contributed by atoms with Crippen LogP contribution < -0.4 is 10.6 Å². The molecule has 0 aliphatic carbocycles. The van der Waals surface area contributed by atoms with Crippen molar-refractivity contribution >= 4 is 29.9 Å². The zero-order valence-electron chi connectivity index (χ0n) is 16.0. The number of rotatable bonds is 5. The lowest BCUT2D eigenvalue weighted by atomic mass is 9.91. The molecule has 7 heteroatoms. The number of hydrogen-bond acceptors (Lipinski definition) is 3. The summed E-state index contributed by atoms with van der Waals surface area (Å²) in [6, 6.07) is 17.5. The summed E-state index contributed by atoms with van der Waals surface area (Å²) in [7, 11) is 0. The molecule has 1 fully saturated rings. The van der Waals surface area contributed by atoms with Crippen LogP contribution in [0.3, 0.4) is 0 Å². The number of nitrogens with one attached hydrogen (secondary N) is 2. The van der Waals surface area contributed by atoms with Crippen molar-refractivity contribution in [1.29, 1.82) is 0 Å². The SMILES string of the molecule is Cl.O=C(NCc1ccccc1)c1cnn(-c2ccc(Cl)cc2)c1C1CCNCC1. The van der Waals surface area contributed by atoms with Gasteiger partial charge in [0, 0.05) is 17.5 Å². The van der Waals surface area contributed by atoms with Gasteiger partial charge in [0.2, 0.25) is 0 Å². The summed E-state index contributed by atoms with van der Waals surface area (Å²) < 4.78 is 1.89. The average Bonchev–Trinajstić information content (AvgIpc) is 3.19. The lowest BCUT2D eigenvalue weighted by Gasteiger charge is -2.24. The van der Waals surface area contributed by atoms with Crippen molar-refractivity contribution in [3.05, 3.63) is 82.6 Å². The molecule has 0 unspecified atom stereocenters. The lowest BCUT2D eigenvalue weighted by molar-refractivity contribution is 0.0949. The smallest absolute Gasteiger partial charge is 0.255 e. The molecular formula is C22H24Cl2N4O. The molecule has 4 rings (SSSR count). The Morgan fingerprint density at radius 1 is 1.10 bits per heavy atom. The first-order valence-electron chi connectivity index (χ1n) is 9.59. The number of amides is 1. The highest BCUT2D eigenvalue weighted by atomic mass is 35.5. The Morgan fingerprint density at radius 3 is 2.48 bits per heavy atom. The fraction of sp³-hybridized carbons (Fsp3) is 0.273. The van der Waals surface area contributed by atoms with E-state index in [9.17, 15) is 4.79 Å². The van der Waals surface area contributed by atoms with E-state index >= 15 is 0 Å². The molecule has 1 aromatic heterocycles. The van der Waals surface area contributed by atoms with E-state index in [4.69, 9.17) is 11.6 Å². The van der Waals surface area contributed by atoms with E-state index in [1.54, 1.807) is 6.20 Å². The third kappa shape index (κ3) is 4.99. The molecule has 0 saturated carbocycles. The summed E-state index contributed by atoms with van der Waals surface area (Å²) >= 11 is 6.04. The van der Waals surface area contributed by atoms with Crippen molar-refractivity contribution in [3.63, 3.8) is 0 Å². The van der Waals surface area contributed by atoms with Crippen LogP contribution in [0.1, 0.15) is 40.4 Å². The van der Waals surface area contributed by atoms with Crippen LogP contribution in [0.4, 0.5) is 0 Å². The molecule has 0 atom stereocenters. The first kappa shape index (κ1) is 21.4. The molecule has 0 bridgehead atoms. The van der Waals surface area contributed by atoms with Crippen LogP contribution in [0.5, 0.6) is 0 Å². The minimum Gasteiger partial charge on any atom is -0.348 e. The maximum atomic E-state index is 13.0. The van der Waals surface area contributed by atoms with Crippen LogP contribution >= 0.6 is 24.0 Å². The summed E-state index contributed by atoms with van der Waals surface area (Å²) in [6.07, 6.45) is 3.66. The van der Waals surface area contributed by atoms with Crippen LogP contribution in [-0.2, 0) is 6.54 Å². The maximum Gasteiger partial charge on any atom is 0.255 e. The topological polar surface area (TPSA) is 59.0 Å². The first-order chi connectivity index (χ1) is 13.7. The number of hydrogen-bond donors (Lipinski definition) is 2. The highest BCUT2D eigenvalue weighted by molar-refractivity contribution is 6.30. The monoisotopic (exact) mass is 430 g/mol. The third-order valence-electron chi connectivity index (χ3n) is 5.14. The largest absolute Gasteiger partial charge is 0.348 e. The molecule has 2 heterocycles. The summed E-state index contributed by atoms with van der Waals surface area (Å²) in [4.78, 5) is 13.0. The Balaban J connectivity index is 0.00000240. The molecule has 2 N–H and O–H groups in total. The van der Waals surface area contributed by atoms with Gasteiger partial charge in [-0.1, -0.05) is 41.9 Å². The predicted molar refractivity (Wildman–Crippen MR) is 118 cm³/mol. The van der Waals surface area contributed by atoms with Crippen molar-refractivity contribution in [1.82, 2.24) is 20.4 Å². The zero-order valence-corrected chi connectivity index (χ0v) is 17.5. The standard InChI is InChI=1S/C22H23ClN4O.ClH/c23-18-6-8-19(9-7-18)27-21(17-10-12-24-13-11-17)20(15-26-27)22(28)25-14-16-4-2-1-3-5-16;/h1-9,15,17,24H,10-14H2,(H,25,28);1H. The highest BCUT2D eigenvalue weighted by Gasteiger charge is 2.26. The Hall–Kier alpha value is -2.34. The van der Waals surface area contributed by atoms with Gasteiger partial charge in [-0.3, -0.25) is 4.79 Å². The second-order valence-electron chi connectivity index (χ2n) is 7.02. The highest BCUT2D eigenvalue weighted by Crippen LogP contribution is 2.30. The van der Waals surface area contributed by atoms with Gasteiger partial charge in [-0.15, -0.1) is 12.4 Å². The first-order valence-corrected chi connectivity index (χ1v) is 9.97. The number of aromatic nitrogens is 2. The molecule has 5 nitrogen and oxygen atoms in total. The Morgan fingerprint density at radius 2 is 1.79 bits per heavy atom. The molecule has 0 spiro atoms. The second kappa shape index (κ2) is 9.92. The van der Waals surface area contributed by atoms with E-state index in [-0.39, 0.29) is 24.2 Å². The summed E-state index contributed by atoms with van der Waals surface area (Å²) in [5, 5.41) is 11.7. The predicted octanol–water partition coefficient (Wildman–Crippen LogP) is 4.34. The Kier molecular flexibility index (Phi) is 7.31. The average molecular weight is 431 g/mol. The van der Waals surface area contributed by atoms with Gasteiger partial charge >= 0.3 is 0 Å². The molecule has 1 amide bonds. The molecule has 29 heavy (non-hydrogen) atoms. The maximum absolute atomic E-state index is 13.0. The van der Waals surface area contributed by atoms with Gasteiger partial charge < -0.3 is 10.6 Å². The fourth-order valence-corrected chi connectivity index (χ4v) is 3.81. The quantitative estimate of drug-likeness (QED) is 0.632. The van der Waals surface area contributed by atoms with Crippen molar-refractivity contribution in [2.24, 2.45) is 0 Å². The Bertz CT molecular complexity index is 935. The van der Waals surface area contributed by atoms with Gasteiger partial charge in [0.1, 0.15) is 0 Å². The molecule has 152 valence electrons. The normalized spacial score (nSPS) is 14.2. The van der Waals surface area contributed by atoms with Crippen LogP contribution in [0.25, 0.3) is 5.69 Å². The fourth-order valence-electron chi connectivity index (χ4n) is 3.68. The number of halogens is 2. The van der Waals surface area contributed by atoms with Gasteiger partial charge in [0.15, 0.2) is 0 Å². The summed E-state index contributed by atoms with van der Waals surface area (Å²) in [6.45, 7) is 2.39. The molecule has 0 radical (unpaired) electrons. The van der Waals surface area contributed by atoms with E-state index in [1.165, 1.54) is 0 Å². The molecule has 1 aliphatic rings. The minimum atomic E-state index is -0.0856. The lowest BCUT2D eigenvalue weighted by Crippen LogP contribution is -2.30. The number of benzene rings is 2. The van der Waals surface area contributed by atoms with Gasteiger partial charge in [-0.05, 0) is 55.8 Å². The van der Waals surface area contributed by atoms with Crippen LogP contribution in [0.15, 0.2) is 60.8 Å². The van der Waals surface area contributed by atoms with Crippen molar-refractivity contribution in [2.45, 2.75) is 25.3 Å². The van der Waals surface area contributed by atoms with E-state index in [0.29, 0.717) is 17.1 Å². The molecule has 1 aliphatic heterocycles. The van der Waals surface area contributed by atoms with E-state index in [1.807, 2.05) is 59.3 Å². The molecular weight excluding hydrogens is 407 g/mol. The summed E-state index contributed by atoms with van der Waals surface area (Å²) in [5.41, 5.74) is 3.62. The number of carbonyl (C=O) groups is 1. The third-order valence-corrected chi connectivity index (χ3v) is 5.40. The molecule has 1 saturated heterocycles. The van der Waals surface area contributed by atoms with Crippen molar-refractivity contribution in [3.8, 4) is 5.69 Å². The number of carbonyl (C=O) groups excluding carboxylic acids is 1. The van der Waals surface area contributed by atoms with Gasteiger partial charge in [0.05, 0.1) is 23.1 Å². The zero-order chi connectivity index (χ0) is 19.3. The molecule has 2 aromatic carbocycles. The number of nitrogens with zero attached hydrogens (tertiary/aromatic N) is 2. The van der Waals surface area contributed by atoms with Gasteiger partial charge in [-0.25, -0.2) is 4.68 Å². The number of piperidine rings is 1. The van der Waals surface area contributed by atoms with Gasteiger partial charge in [0.25, 0.3) is 5.91 Å². The van der Waals surface area contributed by atoms with Crippen molar-refractivity contribution in [2.75, 3.05) is 13.1 Å². The summed E-state index contributed by atoms with van der Waals surface area (Å²) in [5.74, 6) is 0.203. The van der Waals surface area contributed by atoms with Crippen LogP contribution in [-0.4, -0.2) is 28.8 Å². The van der Waals surface area contributed by atoms with E-state index in [2.05, 4.69) is 15.7 Å². The van der Waals surface area contributed by atoms with E-state index < -0.39 is 0 Å². The minimum absolute atomic E-state index is 0. The van der Waals surface area contributed by atoms with E-state index in [0.717, 1.165) is 42.9 Å².